The highest BCUT2D eigenvalue weighted by atomic mass is 16.2. The Morgan fingerprint density at radius 1 is 1.08 bits per heavy atom. The Morgan fingerprint density at radius 2 is 1.76 bits per heavy atom. The average Bonchev–Trinajstić information content (AvgIpc) is 2.57. The van der Waals surface area contributed by atoms with Crippen LogP contribution >= 0.6 is 0 Å². The predicted octanol–water partition coefficient (Wildman–Crippen LogP) is 1.39. The van der Waals surface area contributed by atoms with E-state index in [4.69, 9.17) is 0 Å². The van der Waals surface area contributed by atoms with E-state index in [9.17, 15) is 9.59 Å². The summed E-state index contributed by atoms with van der Waals surface area (Å²) >= 11 is 0. The van der Waals surface area contributed by atoms with Crippen LogP contribution in [0.25, 0.3) is 0 Å². The maximum Gasteiger partial charge on any atom is 0.246 e. The van der Waals surface area contributed by atoms with Gasteiger partial charge in [0.15, 0.2) is 0 Å². The minimum absolute atomic E-state index is 0.0125. The predicted molar refractivity (Wildman–Crippen MR) is 98.3 cm³/mol. The number of likely N-dealkylation sites (tertiary alicyclic amines) is 1. The van der Waals surface area contributed by atoms with E-state index in [1.165, 1.54) is 17.2 Å². The third kappa shape index (κ3) is 3.93. The molecule has 5 heteroatoms. The molecule has 0 bridgehead atoms. The number of benzene rings is 1. The number of carbonyl (C=O) groups is 2. The third-order valence-electron chi connectivity index (χ3n) is 5.46. The second kappa shape index (κ2) is 7.40. The molecule has 0 N–H and O–H groups in total. The number of hydrogen-bond donors (Lipinski definition) is 0. The van der Waals surface area contributed by atoms with Gasteiger partial charge in [-0.1, -0.05) is 24.8 Å². The first-order valence-electron chi connectivity index (χ1n) is 8.97. The molecule has 25 heavy (non-hydrogen) atoms. The van der Waals surface area contributed by atoms with Crippen LogP contribution in [0.4, 0.5) is 0 Å². The topological polar surface area (TPSA) is 43.9 Å². The Balaban J connectivity index is 1.46. The molecule has 2 fully saturated rings. The molecule has 1 aromatic rings. The fourth-order valence-corrected chi connectivity index (χ4v) is 3.53. The molecule has 2 aliphatic heterocycles. The fourth-order valence-electron chi connectivity index (χ4n) is 3.53. The second-order valence-electron chi connectivity index (χ2n) is 7.11. The van der Waals surface area contributed by atoms with Crippen molar-refractivity contribution in [2.45, 2.75) is 26.3 Å². The lowest BCUT2D eigenvalue weighted by Gasteiger charge is -2.47. The molecule has 0 aliphatic carbocycles. The normalized spacial score (nSPS) is 18.8. The van der Waals surface area contributed by atoms with E-state index in [2.05, 4.69) is 43.5 Å². The maximum atomic E-state index is 12.5. The van der Waals surface area contributed by atoms with Gasteiger partial charge in [0.1, 0.15) is 0 Å². The average molecular weight is 341 g/mol. The van der Waals surface area contributed by atoms with Gasteiger partial charge in [-0.05, 0) is 36.6 Å². The smallest absolute Gasteiger partial charge is 0.246 e. The number of piperazine rings is 1. The van der Waals surface area contributed by atoms with E-state index in [0.29, 0.717) is 12.5 Å². The van der Waals surface area contributed by atoms with Gasteiger partial charge in [0, 0.05) is 45.3 Å². The SMILES string of the molecule is C=CC(=O)N1CC(N2CCN(C(=O)Cc3ccc(C)c(C)c3)CC2)C1. The van der Waals surface area contributed by atoms with Gasteiger partial charge in [-0.3, -0.25) is 14.5 Å². The lowest BCUT2D eigenvalue weighted by Crippen LogP contribution is -2.64. The van der Waals surface area contributed by atoms with Crippen molar-refractivity contribution in [3.05, 3.63) is 47.5 Å². The van der Waals surface area contributed by atoms with Crippen LogP contribution in [0, 0.1) is 13.8 Å². The van der Waals surface area contributed by atoms with Crippen LogP contribution < -0.4 is 0 Å². The minimum Gasteiger partial charge on any atom is -0.340 e. The molecule has 0 unspecified atom stereocenters. The Labute approximate surface area is 149 Å². The highest BCUT2D eigenvalue weighted by Gasteiger charge is 2.35. The van der Waals surface area contributed by atoms with Gasteiger partial charge >= 0.3 is 0 Å². The monoisotopic (exact) mass is 341 g/mol. The minimum atomic E-state index is 0.0125. The molecule has 0 aromatic heterocycles. The van der Waals surface area contributed by atoms with E-state index in [-0.39, 0.29) is 11.8 Å². The maximum absolute atomic E-state index is 12.5. The van der Waals surface area contributed by atoms with Crippen molar-refractivity contribution in [3.63, 3.8) is 0 Å². The van der Waals surface area contributed by atoms with Crippen molar-refractivity contribution in [3.8, 4) is 0 Å². The molecule has 134 valence electrons. The molecule has 0 radical (unpaired) electrons. The molecule has 0 spiro atoms. The van der Waals surface area contributed by atoms with Crippen molar-refractivity contribution >= 4 is 11.8 Å². The zero-order valence-electron chi connectivity index (χ0n) is 15.2. The van der Waals surface area contributed by atoms with Crippen LogP contribution in [0.5, 0.6) is 0 Å². The molecule has 1 aromatic carbocycles. The second-order valence-corrected chi connectivity index (χ2v) is 7.11. The summed E-state index contributed by atoms with van der Waals surface area (Å²) in [7, 11) is 0. The Kier molecular flexibility index (Phi) is 5.23. The highest BCUT2D eigenvalue weighted by molar-refractivity contribution is 5.87. The number of aryl methyl sites for hydroxylation is 2. The molecule has 5 nitrogen and oxygen atoms in total. The van der Waals surface area contributed by atoms with E-state index in [1.54, 1.807) is 0 Å². The van der Waals surface area contributed by atoms with Gasteiger partial charge in [0.2, 0.25) is 11.8 Å². The lowest BCUT2D eigenvalue weighted by molar-refractivity contribution is -0.136. The standard InChI is InChI=1S/C20H27N3O2/c1-4-19(24)23-13-18(14-23)21-7-9-22(10-8-21)20(25)12-17-6-5-15(2)16(3)11-17/h4-6,11,18H,1,7-10,12-14H2,2-3H3. The van der Waals surface area contributed by atoms with Gasteiger partial charge in [-0.25, -0.2) is 0 Å². The summed E-state index contributed by atoms with van der Waals surface area (Å²) in [6.07, 6.45) is 1.85. The van der Waals surface area contributed by atoms with Crippen LogP contribution in [0.15, 0.2) is 30.9 Å². The summed E-state index contributed by atoms with van der Waals surface area (Å²) in [5, 5.41) is 0. The van der Waals surface area contributed by atoms with E-state index in [1.807, 2.05) is 9.80 Å². The first kappa shape index (κ1) is 17.7. The van der Waals surface area contributed by atoms with Crippen molar-refractivity contribution < 1.29 is 9.59 Å². The van der Waals surface area contributed by atoms with Gasteiger partial charge in [-0.2, -0.15) is 0 Å². The summed E-state index contributed by atoms with van der Waals surface area (Å²) in [4.78, 5) is 30.2. The van der Waals surface area contributed by atoms with Gasteiger partial charge < -0.3 is 9.80 Å². The number of rotatable bonds is 4. The van der Waals surface area contributed by atoms with Gasteiger partial charge in [-0.15, -0.1) is 0 Å². The first-order valence-corrected chi connectivity index (χ1v) is 8.97. The molecule has 2 aliphatic rings. The molecular weight excluding hydrogens is 314 g/mol. The Hall–Kier alpha value is -2.14. The van der Waals surface area contributed by atoms with Crippen LogP contribution in [0.3, 0.4) is 0 Å². The zero-order valence-corrected chi connectivity index (χ0v) is 15.2. The molecule has 2 saturated heterocycles. The molecule has 2 amide bonds. The molecule has 0 saturated carbocycles. The van der Waals surface area contributed by atoms with Crippen LogP contribution in [-0.4, -0.2) is 71.8 Å². The summed E-state index contributed by atoms with van der Waals surface area (Å²) in [6.45, 7) is 12.6. The number of hydrogen-bond acceptors (Lipinski definition) is 3. The van der Waals surface area contributed by atoms with E-state index < -0.39 is 0 Å². The van der Waals surface area contributed by atoms with Crippen molar-refractivity contribution in [2.24, 2.45) is 0 Å². The molecule has 2 heterocycles. The van der Waals surface area contributed by atoms with Crippen molar-refractivity contribution in [1.82, 2.24) is 14.7 Å². The fraction of sp³-hybridized carbons (Fsp3) is 0.500. The lowest BCUT2D eigenvalue weighted by atomic mass is 10.0. The molecule has 0 atom stereocenters. The first-order chi connectivity index (χ1) is 12.0. The van der Waals surface area contributed by atoms with Gasteiger partial charge in [0.05, 0.1) is 6.42 Å². The van der Waals surface area contributed by atoms with E-state index >= 15 is 0 Å². The largest absolute Gasteiger partial charge is 0.340 e. The summed E-state index contributed by atoms with van der Waals surface area (Å²) in [5.41, 5.74) is 3.58. The molecule has 3 rings (SSSR count). The Bertz CT molecular complexity index is 672. The van der Waals surface area contributed by atoms with E-state index in [0.717, 1.165) is 44.8 Å². The Morgan fingerprint density at radius 3 is 2.36 bits per heavy atom. The quantitative estimate of drug-likeness (QED) is 0.778. The summed E-state index contributed by atoms with van der Waals surface area (Å²) < 4.78 is 0. The van der Waals surface area contributed by atoms with Crippen LogP contribution in [-0.2, 0) is 16.0 Å². The molecular formula is C20H27N3O2. The van der Waals surface area contributed by atoms with Crippen molar-refractivity contribution in [2.75, 3.05) is 39.3 Å². The summed E-state index contributed by atoms with van der Waals surface area (Å²) in [5.74, 6) is 0.221. The van der Waals surface area contributed by atoms with Gasteiger partial charge in [0.25, 0.3) is 0 Å². The third-order valence-corrected chi connectivity index (χ3v) is 5.46. The van der Waals surface area contributed by atoms with Crippen LogP contribution in [0.1, 0.15) is 16.7 Å². The summed E-state index contributed by atoms with van der Waals surface area (Å²) in [6, 6.07) is 6.68. The number of carbonyl (C=O) groups excluding carboxylic acids is 2. The number of nitrogens with zero attached hydrogens (tertiary/aromatic N) is 3. The van der Waals surface area contributed by atoms with Crippen LogP contribution in [0.2, 0.25) is 0 Å². The highest BCUT2D eigenvalue weighted by Crippen LogP contribution is 2.18. The zero-order chi connectivity index (χ0) is 18.0. The number of amides is 2. The van der Waals surface area contributed by atoms with Crippen molar-refractivity contribution in [1.29, 1.82) is 0 Å².